The molecule has 0 spiro atoms. The van der Waals surface area contributed by atoms with Gasteiger partial charge in [0.2, 0.25) is 5.91 Å². The van der Waals surface area contributed by atoms with Gasteiger partial charge in [-0.1, -0.05) is 13.0 Å². The maximum atomic E-state index is 12.9. The van der Waals surface area contributed by atoms with Gasteiger partial charge in [0.1, 0.15) is 4.88 Å². The van der Waals surface area contributed by atoms with Crippen LogP contribution in [0.1, 0.15) is 52.2 Å². The fourth-order valence-corrected chi connectivity index (χ4v) is 4.90. The summed E-state index contributed by atoms with van der Waals surface area (Å²) in [6.45, 7) is 5.07. The van der Waals surface area contributed by atoms with Crippen molar-refractivity contribution in [1.82, 2.24) is 0 Å². The number of aryl methyl sites for hydroxylation is 1. The van der Waals surface area contributed by atoms with Gasteiger partial charge < -0.3 is 14.9 Å². The van der Waals surface area contributed by atoms with Gasteiger partial charge in [-0.2, -0.15) is 0 Å². The number of benzene rings is 1. The van der Waals surface area contributed by atoms with E-state index in [1.165, 1.54) is 35.4 Å². The monoisotopic (exact) mass is 384 g/mol. The number of carboxylic acid groups (broad SMARTS) is 1. The van der Waals surface area contributed by atoms with Gasteiger partial charge in [0, 0.05) is 48.2 Å². The van der Waals surface area contributed by atoms with Crippen LogP contribution in [0.25, 0.3) is 0 Å². The van der Waals surface area contributed by atoms with E-state index < -0.39 is 5.97 Å². The first-order chi connectivity index (χ1) is 13.0. The molecule has 2 aromatic rings. The summed E-state index contributed by atoms with van der Waals surface area (Å²) in [5, 5.41) is 9.03. The van der Waals surface area contributed by atoms with E-state index >= 15 is 0 Å². The Hall–Kier alpha value is -2.34. The number of rotatable bonds is 5. The Kier molecular flexibility index (Phi) is 4.91. The zero-order chi connectivity index (χ0) is 19.0. The molecule has 1 aromatic carbocycles. The predicted octanol–water partition coefficient (Wildman–Crippen LogP) is 4.13. The topological polar surface area (TPSA) is 60.9 Å². The summed E-state index contributed by atoms with van der Waals surface area (Å²) in [6, 6.07) is 9.97. The minimum absolute atomic E-state index is 0.115. The fraction of sp³-hybridized carbons (Fsp3) is 0.429. The van der Waals surface area contributed by atoms with Crippen LogP contribution in [0, 0.1) is 0 Å². The lowest BCUT2D eigenvalue weighted by molar-refractivity contribution is -0.118. The molecule has 5 nitrogen and oxygen atoms in total. The molecule has 4 rings (SSSR count). The Morgan fingerprint density at radius 3 is 2.67 bits per heavy atom. The minimum atomic E-state index is -0.908. The Morgan fingerprint density at radius 2 is 1.96 bits per heavy atom. The second kappa shape index (κ2) is 7.35. The zero-order valence-corrected chi connectivity index (χ0v) is 16.3. The lowest BCUT2D eigenvalue weighted by Crippen LogP contribution is -2.29. The van der Waals surface area contributed by atoms with Gasteiger partial charge in [-0.15, -0.1) is 11.3 Å². The molecule has 6 heteroatoms. The molecule has 1 unspecified atom stereocenters. The molecule has 27 heavy (non-hydrogen) atoms. The highest BCUT2D eigenvalue weighted by Crippen LogP contribution is 2.39. The summed E-state index contributed by atoms with van der Waals surface area (Å²) in [6.07, 6.45) is 3.45. The van der Waals surface area contributed by atoms with Crippen molar-refractivity contribution < 1.29 is 14.7 Å². The predicted molar refractivity (Wildman–Crippen MR) is 108 cm³/mol. The van der Waals surface area contributed by atoms with Crippen LogP contribution in [-0.4, -0.2) is 36.6 Å². The largest absolute Gasteiger partial charge is 0.477 e. The summed E-state index contributed by atoms with van der Waals surface area (Å²) in [5.74, 6) is -0.448. The first-order valence-electron chi connectivity index (χ1n) is 9.54. The van der Waals surface area contributed by atoms with Crippen molar-refractivity contribution in [3.05, 3.63) is 45.6 Å². The molecule has 1 amide bonds. The normalized spacial score (nSPS) is 18.8. The third-order valence-electron chi connectivity index (χ3n) is 5.52. The SMILES string of the molecule is CC1CN(C(=O)CCc2ccc(C(=O)O)s2)c2cc(N3CCCC3)ccc21. The quantitative estimate of drug-likeness (QED) is 0.842. The molecule has 0 aliphatic carbocycles. The van der Waals surface area contributed by atoms with E-state index in [1.807, 2.05) is 11.0 Å². The van der Waals surface area contributed by atoms with E-state index in [9.17, 15) is 9.59 Å². The third-order valence-corrected chi connectivity index (χ3v) is 6.66. The van der Waals surface area contributed by atoms with Gasteiger partial charge in [-0.25, -0.2) is 4.79 Å². The molecule has 1 N–H and O–H groups in total. The maximum absolute atomic E-state index is 12.9. The van der Waals surface area contributed by atoms with Crippen molar-refractivity contribution in [3.63, 3.8) is 0 Å². The highest BCUT2D eigenvalue weighted by Gasteiger charge is 2.30. The zero-order valence-electron chi connectivity index (χ0n) is 15.5. The molecule has 1 atom stereocenters. The van der Waals surface area contributed by atoms with E-state index in [0.717, 1.165) is 30.2 Å². The van der Waals surface area contributed by atoms with Crippen LogP contribution in [0.15, 0.2) is 30.3 Å². The number of thiophene rings is 1. The molecule has 142 valence electrons. The highest BCUT2D eigenvalue weighted by molar-refractivity contribution is 7.13. The Balaban J connectivity index is 1.48. The van der Waals surface area contributed by atoms with Crippen LogP contribution in [0.3, 0.4) is 0 Å². The number of carbonyl (C=O) groups is 2. The molecule has 0 radical (unpaired) electrons. The lowest BCUT2D eigenvalue weighted by Gasteiger charge is -2.22. The Labute approximate surface area is 163 Å². The first kappa shape index (κ1) is 18.0. The number of nitrogens with zero attached hydrogens (tertiary/aromatic N) is 2. The molecular formula is C21H24N2O3S. The third kappa shape index (κ3) is 3.58. The van der Waals surface area contributed by atoms with Crippen molar-refractivity contribution in [2.75, 3.05) is 29.4 Å². The van der Waals surface area contributed by atoms with Crippen LogP contribution in [-0.2, 0) is 11.2 Å². The number of amides is 1. The number of hydrogen-bond donors (Lipinski definition) is 1. The van der Waals surface area contributed by atoms with Gasteiger partial charge in [-0.3, -0.25) is 4.79 Å². The van der Waals surface area contributed by atoms with Gasteiger partial charge >= 0.3 is 5.97 Å². The average Bonchev–Trinajstić information content (AvgIpc) is 3.40. The Morgan fingerprint density at radius 1 is 1.19 bits per heavy atom. The lowest BCUT2D eigenvalue weighted by atomic mass is 10.0. The fourth-order valence-electron chi connectivity index (χ4n) is 4.05. The summed E-state index contributed by atoms with van der Waals surface area (Å²) in [7, 11) is 0. The molecule has 0 saturated carbocycles. The number of hydrogen-bond acceptors (Lipinski definition) is 4. The number of aromatic carboxylic acids is 1. The smallest absolute Gasteiger partial charge is 0.345 e. The Bertz CT molecular complexity index is 870. The number of carbonyl (C=O) groups excluding carboxylic acids is 1. The molecule has 3 heterocycles. The molecule has 2 aliphatic heterocycles. The standard InChI is InChI=1S/C21H24N2O3S/c1-14-13-23(20(24)9-6-16-5-8-19(27-16)21(25)26)18-12-15(4-7-17(14)18)22-10-2-3-11-22/h4-5,7-8,12,14H,2-3,6,9-11,13H2,1H3,(H,25,26). The van der Waals surface area contributed by atoms with Crippen molar-refractivity contribution in [2.45, 2.75) is 38.5 Å². The molecule has 1 fully saturated rings. The highest BCUT2D eigenvalue weighted by atomic mass is 32.1. The summed E-state index contributed by atoms with van der Waals surface area (Å²) >= 11 is 1.25. The van der Waals surface area contributed by atoms with Crippen molar-refractivity contribution >= 4 is 34.6 Å². The van der Waals surface area contributed by atoms with Gasteiger partial charge in [0.15, 0.2) is 0 Å². The molecular weight excluding hydrogens is 360 g/mol. The van der Waals surface area contributed by atoms with E-state index in [0.29, 0.717) is 23.6 Å². The van der Waals surface area contributed by atoms with E-state index in [-0.39, 0.29) is 5.91 Å². The average molecular weight is 385 g/mol. The van der Waals surface area contributed by atoms with E-state index in [4.69, 9.17) is 5.11 Å². The van der Waals surface area contributed by atoms with Crippen LogP contribution in [0.5, 0.6) is 0 Å². The molecule has 1 aromatic heterocycles. The van der Waals surface area contributed by atoms with Crippen molar-refractivity contribution in [2.24, 2.45) is 0 Å². The molecule has 1 saturated heterocycles. The summed E-state index contributed by atoms with van der Waals surface area (Å²) < 4.78 is 0. The summed E-state index contributed by atoms with van der Waals surface area (Å²) in [5.41, 5.74) is 3.51. The second-order valence-corrected chi connectivity index (χ2v) is 8.58. The number of anilines is 2. The molecule has 0 bridgehead atoms. The number of fused-ring (bicyclic) bond motifs is 1. The van der Waals surface area contributed by atoms with Gasteiger partial charge in [-0.05, 0) is 49.1 Å². The second-order valence-electron chi connectivity index (χ2n) is 7.41. The van der Waals surface area contributed by atoms with Gasteiger partial charge in [0.05, 0.1) is 0 Å². The molecule has 2 aliphatic rings. The minimum Gasteiger partial charge on any atom is -0.477 e. The van der Waals surface area contributed by atoms with Crippen LogP contribution < -0.4 is 9.80 Å². The maximum Gasteiger partial charge on any atom is 0.345 e. The summed E-state index contributed by atoms with van der Waals surface area (Å²) in [4.78, 5) is 29.5. The first-order valence-corrected chi connectivity index (χ1v) is 10.4. The number of carboxylic acids is 1. The van der Waals surface area contributed by atoms with E-state index in [2.05, 4.69) is 30.0 Å². The van der Waals surface area contributed by atoms with Crippen molar-refractivity contribution in [3.8, 4) is 0 Å². The van der Waals surface area contributed by atoms with Crippen LogP contribution in [0.2, 0.25) is 0 Å². The van der Waals surface area contributed by atoms with E-state index in [1.54, 1.807) is 6.07 Å². The van der Waals surface area contributed by atoms with Crippen LogP contribution >= 0.6 is 11.3 Å². The van der Waals surface area contributed by atoms with Crippen molar-refractivity contribution in [1.29, 1.82) is 0 Å². The van der Waals surface area contributed by atoms with Crippen LogP contribution in [0.4, 0.5) is 11.4 Å². The van der Waals surface area contributed by atoms with Gasteiger partial charge in [0.25, 0.3) is 0 Å².